The lowest BCUT2D eigenvalue weighted by atomic mass is 10.0. The number of nitrogens with zero attached hydrogens (tertiary/aromatic N) is 3. The first kappa shape index (κ1) is 15.0. The molecule has 0 aliphatic heterocycles. The van der Waals surface area contributed by atoms with Crippen molar-refractivity contribution >= 4 is 5.97 Å². The van der Waals surface area contributed by atoms with Crippen LogP contribution in [0.15, 0.2) is 23.3 Å². The Morgan fingerprint density at radius 1 is 1.42 bits per heavy atom. The third kappa shape index (κ3) is 4.99. The zero-order chi connectivity index (χ0) is 14.3. The van der Waals surface area contributed by atoms with Gasteiger partial charge in [-0.3, -0.25) is 4.79 Å². The maximum atomic E-state index is 11.3. The van der Waals surface area contributed by atoms with E-state index >= 15 is 0 Å². The Balaban J connectivity index is 2.71. The number of carboxylic acids is 1. The topological polar surface area (TPSA) is 98.1 Å². The maximum absolute atomic E-state index is 11.3. The number of rotatable bonds is 7. The second kappa shape index (κ2) is 7.41. The molecule has 1 aromatic rings. The molecule has 0 bridgehead atoms. The zero-order valence-corrected chi connectivity index (χ0v) is 11.1. The van der Waals surface area contributed by atoms with Crippen LogP contribution in [0, 0.1) is 13.8 Å². The van der Waals surface area contributed by atoms with Crippen LogP contribution in [0.2, 0.25) is 0 Å². The van der Waals surface area contributed by atoms with Crippen LogP contribution in [0.25, 0.3) is 10.4 Å². The first-order chi connectivity index (χ1) is 9.04. The van der Waals surface area contributed by atoms with Crippen molar-refractivity contribution in [3.8, 4) is 0 Å². The zero-order valence-electron chi connectivity index (χ0n) is 11.1. The van der Waals surface area contributed by atoms with Gasteiger partial charge in [0.05, 0.1) is 0 Å². The molecule has 6 nitrogen and oxygen atoms in total. The highest BCUT2D eigenvalue weighted by Crippen LogP contribution is 2.17. The van der Waals surface area contributed by atoms with Crippen LogP contribution in [0.1, 0.15) is 29.2 Å². The highest BCUT2D eigenvalue weighted by Gasteiger charge is 2.19. The number of aryl methyl sites for hydroxylation is 2. The van der Waals surface area contributed by atoms with E-state index < -0.39 is 12.0 Å². The molecule has 0 aromatic heterocycles. The van der Waals surface area contributed by atoms with Crippen molar-refractivity contribution in [2.75, 3.05) is 13.1 Å². The van der Waals surface area contributed by atoms with Crippen molar-refractivity contribution in [3.05, 3.63) is 45.3 Å². The Labute approximate surface area is 112 Å². The predicted octanol–water partition coefficient (Wildman–Crippen LogP) is 2.72. The molecule has 1 unspecified atom stereocenters. The first-order valence-electron chi connectivity index (χ1n) is 6.10. The van der Waals surface area contributed by atoms with Crippen molar-refractivity contribution in [2.24, 2.45) is 5.11 Å². The third-order valence-electron chi connectivity index (χ3n) is 2.67. The Bertz CT molecular complexity index is 475. The molecule has 2 N–H and O–H groups in total. The van der Waals surface area contributed by atoms with Crippen molar-refractivity contribution < 1.29 is 9.90 Å². The van der Waals surface area contributed by atoms with Crippen LogP contribution in [-0.2, 0) is 4.79 Å². The van der Waals surface area contributed by atoms with Gasteiger partial charge in [-0.05, 0) is 37.9 Å². The molecule has 19 heavy (non-hydrogen) atoms. The van der Waals surface area contributed by atoms with Crippen LogP contribution in [0.5, 0.6) is 0 Å². The van der Waals surface area contributed by atoms with E-state index in [-0.39, 0.29) is 0 Å². The Kier molecular flexibility index (Phi) is 5.85. The standard InChI is InChI=1S/C13H18N4O2/c1-9-6-10(2)8-11(7-9)12(13(18)19)15-4-3-5-16-17-14/h6-8,12,15H,3-5H2,1-2H3,(H,18,19). The van der Waals surface area contributed by atoms with Gasteiger partial charge in [0.25, 0.3) is 0 Å². The van der Waals surface area contributed by atoms with Crippen LogP contribution in [0.4, 0.5) is 0 Å². The highest BCUT2D eigenvalue weighted by molar-refractivity contribution is 5.75. The number of carbonyl (C=O) groups is 1. The largest absolute Gasteiger partial charge is 0.480 e. The van der Waals surface area contributed by atoms with E-state index in [1.807, 2.05) is 32.0 Å². The lowest BCUT2D eigenvalue weighted by Crippen LogP contribution is -2.29. The van der Waals surface area contributed by atoms with Crippen molar-refractivity contribution in [3.63, 3.8) is 0 Å². The summed E-state index contributed by atoms with van der Waals surface area (Å²) < 4.78 is 0. The minimum atomic E-state index is -0.909. The van der Waals surface area contributed by atoms with Crippen LogP contribution >= 0.6 is 0 Å². The van der Waals surface area contributed by atoms with Crippen LogP contribution in [0.3, 0.4) is 0 Å². The minimum Gasteiger partial charge on any atom is -0.480 e. The fraction of sp³-hybridized carbons (Fsp3) is 0.462. The number of aliphatic carboxylic acids is 1. The summed E-state index contributed by atoms with van der Waals surface area (Å²) in [5.41, 5.74) is 11.0. The molecule has 0 saturated carbocycles. The average molecular weight is 262 g/mol. The van der Waals surface area contributed by atoms with E-state index in [0.717, 1.165) is 16.7 Å². The second-order valence-electron chi connectivity index (χ2n) is 4.45. The Morgan fingerprint density at radius 3 is 2.58 bits per heavy atom. The number of nitrogens with one attached hydrogen (secondary N) is 1. The van der Waals surface area contributed by atoms with Gasteiger partial charge in [0.1, 0.15) is 6.04 Å². The van der Waals surface area contributed by atoms with E-state index in [4.69, 9.17) is 5.53 Å². The summed E-state index contributed by atoms with van der Waals surface area (Å²) >= 11 is 0. The van der Waals surface area contributed by atoms with Crippen LogP contribution in [-0.4, -0.2) is 24.2 Å². The lowest BCUT2D eigenvalue weighted by Gasteiger charge is -2.16. The molecule has 0 fully saturated rings. The summed E-state index contributed by atoms with van der Waals surface area (Å²) in [7, 11) is 0. The van der Waals surface area contributed by atoms with Gasteiger partial charge in [-0.2, -0.15) is 0 Å². The highest BCUT2D eigenvalue weighted by atomic mass is 16.4. The van der Waals surface area contributed by atoms with Crippen molar-refractivity contribution in [1.82, 2.24) is 5.32 Å². The van der Waals surface area contributed by atoms with Gasteiger partial charge in [-0.25, -0.2) is 0 Å². The van der Waals surface area contributed by atoms with Crippen molar-refractivity contribution in [2.45, 2.75) is 26.3 Å². The number of benzene rings is 1. The molecular formula is C13H18N4O2. The molecule has 102 valence electrons. The number of hydrogen-bond acceptors (Lipinski definition) is 3. The monoisotopic (exact) mass is 262 g/mol. The summed E-state index contributed by atoms with van der Waals surface area (Å²) in [5, 5.41) is 15.6. The summed E-state index contributed by atoms with van der Waals surface area (Å²) in [4.78, 5) is 13.9. The molecular weight excluding hydrogens is 244 g/mol. The molecule has 1 rings (SSSR count). The van der Waals surface area contributed by atoms with Gasteiger partial charge < -0.3 is 10.4 Å². The predicted molar refractivity (Wildman–Crippen MR) is 72.9 cm³/mol. The first-order valence-corrected chi connectivity index (χ1v) is 6.10. The van der Waals surface area contributed by atoms with E-state index in [2.05, 4.69) is 15.3 Å². The number of hydrogen-bond donors (Lipinski definition) is 2. The quantitative estimate of drug-likeness (QED) is 0.342. The molecule has 6 heteroatoms. The smallest absolute Gasteiger partial charge is 0.325 e. The molecule has 0 aliphatic carbocycles. The van der Waals surface area contributed by atoms with Crippen LogP contribution < -0.4 is 5.32 Å². The number of azide groups is 1. The molecule has 0 radical (unpaired) electrons. The lowest BCUT2D eigenvalue weighted by molar-refractivity contribution is -0.139. The normalized spacial score (nSPS) is 11.7. The summed E-state index contributed by atoms with van der Waals surface area (Å²) in [6, 6.07) is 5.01. The van der Waals surface area contributed by atoms with Gasteiger partial charge in [-0.1, -0.05) is 34.4 Å². The van der Waals surface area contributed by atoms with Gasteiger partial charge in [0, 0.05) is 11.5 Å². The molecule has 1 atom stereocenters. The van der Waals surface area contributed by atoms with E-state index in [0.29, 0.717) is 19.5 Å². The van der Waals surface area contributed by atoms with Gasteiger partial charge >= 0.3 is 5.97 Å². The fourth-order valence-corrected chi connectivity index (χ4v) is 1.97. The molecule has 0 spiro atoms. The summed E-state index contributed by atoms with van der Waals surface area (Å²) in [6.07, 6.45) is 0.610. The molecule has 0 heterocycles. The molecule has 1 aromatic carbocycles. The van der Waals surface area contributed by atoms with E-state index in [1.165, 1.54) is 0 Å². The van der Waals surface area contributed by atoms with Gasteiger partial charge in [0.15, 0.2) is 0 Å². The van der Waals surface area contributed by atoms with Crippen molar-refractivity contribution in [1.29, 1.82) is 0 Å². The van der Waals surface area contributed by atoms with E-state index in [9.17, 15) is 9.90 Å². The molecule has 0 amide bonds. The Hall–Kier alpha value is -2.04. The summed E-state index contributed by atoms with van der Waals surface area (Å²) in [6.45, 7) is 4.74. The average Bonchev–Trinajstić information content (AvgIpc) is 2.31. The van der Waals surface area contributed by atoms with E-state index in [1.54, 1.807) is 0 Å². The molecule has 0 aliphatic rings. The Morgan fingerprint density at radius 2 is 2.05 bits per heavy atom. The summed E-state index contributed by atoms with van der Waals surface area (Å²) in [5.74, 6) is -0.909. The van der Waals surface area contributed by atoms with Gasteiger partial charge in [-0.15, -0.1) is 0 Å². The molecule has 0 saturated heterocycles. The number of carboxylic acid groups (broad SMARTS) is 1. The SMILES string of the molecule is Cc1cc(C)cc(C(NCCCN=[N+]=[N-])C(=O)O)c1. The second-order valence-corrected chi connectivity index (χ2v) is 4.45. The van der Waals surface area contributed by atoms with Gasteiger partial charge in [0.2, 0.25) is 0 Å². The minimum absolute atomic E-state index is 0.364. The third-order valence-corrected chi connectivity index (χ3v) is 2.67. The fourth-order valence-electron chi connectivity index (χ4n) is 1.97. The maximum Gasteiger partial charge on any atom is 0.325 e.